The van der Waals surface area contributed by atoms with Crippen molar-refractivity contribution in [3.05, 3.63) is 35.0 Å². The van der Waals surface area contributed by atoms with Crippen LogP contribution in [-0.4, -0.2) is 16.1 Å². The van der Waals surface area contributed by atoms with Gasteiger partial charge in [0.15, 0.2) is 0 Å². The van der Waals surface area contributed by atoms with E-state index in [9.17, 15) is 0 Å². The van der Waals surface area contributed by atoms with Crippen LogP contribution in [-0.2, 0) is 5.75 Å². The number of benzene rings is 1. The van der Waals surface area contributed by atoms with E-state index < -0.39 is 0 Å². The van der Waals surface area contributed by atoms with E-state index >= 15 is 0 Å². The lowest BCUT2D eigenvalue weighted by Gasteiger charge is -2.02. The quantitative estimate of drug-likeness (QED) is 0.845. The molecule has 0 radical (unpaired) electrons. The van der Waals surface area contributed by atoms with Crippen molar-refractivity contribution in [2.45, 2.75) is 17.6 Å². The third-order valence-corrected chi connectivity index (χ3v) is 4.03. The maximum atomic E-state index is 5.93. The molecule has 90 valence electrons. The second kappa shape index (κ2) is 6.23. The second-order valence-electron chi connectivity index (χ2n) is 3.33. The number of anilines is 1. The van der Waals surface area contributed by atoms with Crippen LogP contribution in [0.15, 0.2) is 29.2 Å². The molecule has 2 aromatic rings. The summed E-state index contributed by atoms with van der Waals surface area (Å²) in [6, 6.07) is 7.83. The Morgan fingerprint density at radius 3 is 3.12 bits per heavy atom. The Morgan fingerprint density at radius 1 is 1.47 bits per heavy atom. The molecule has 0 saturated carbocycles. The van der Waals surface area contributed by atoms with Crippen molar-refractivity contribution in [3.8, 4) is 0 Å². The van der Waals surface area contributed by atoms with Crippen LogP contribution >= 0.6 is 34.9 Å². The average molecular weight is 286 g/mol. The highest BCUT2D eigenvalue weighted by molar-refractivity contribution is 7.98. The Bertz CT molecular complexity index is 487. The number of aromatic nitrogens is 2. The first-order valence-electron chi connectivity index (χ1n) is 5.23. The molecule has 0 aliphatic heterocycles. The summed E-state index contributed by atoms with van der Waals surface area (Å²) in [5.41, 5.74) is 1.00. The fraction of sp³-hybridized carbons (Fsp3) is 0.273. The molecule has 2 rings (SSSR count). The molecule has 0 fully saturated rings. The Labute approximate surface area is 114 Å². The molecule has 1 heterocycles. The van der Waals surface area contributed by atoms with Gasteiger partial charge in [-0.25, -0.2) is 0 Å². The van der Waals surface area contributed by atoms with E-state index in [1.807, 2.05) is 24.3 Å². The molecule has 0 amide bonds. The van der Waals surface area contributed by atoms with Crippen LogP contribution in [0.2, 0.25) is 5.02 Å². The molecule has 0 bridgehead atoms. The van der Waals surface area contributed by atoms with Crippen molar-refractivity contribution in [2.75, 3.05) is 11.9 Å². The smallest absolute Gasteiger partial charge is 0.134 e. The standard InChI is InChI=1S/C11H12ClN3S2/c1-2-13-11-10(14-15-17-11)7-16-9-5-3-4-8(12)6-9/h3-6,13H,2,7H2,1H3. The highest BCUT2D eigenvalue weighted by atomic mass is 35.5. The lowest BCUT2D eigenvalue weighted by molar-refractivity contribution is 1.07. The lowest BCUT2D eigenvalue weighted by Crippen LogP contribution is -1.97. The minimum atomic E-state index is 0.762. The topological polar surface area (TPSA) is 37.8 Å². The van der Waals surface area contributed by atoms with Gasteiger partial charge in [-0.1, -0.05) is 22.2 Å². The van der Waals surface area contributed by atoms with Gasteiger partial charge in [0.25, 0.3) is 0 Å². The van der Waals surface area contributed by atoms with Crippen LogP contribution in [0.25, 0.3) is 0 Å². The number of hydrogen-bond donors (Lipinski definition) is 1. The summed E-state index contributed by atoms with van der Waals surface area (Å²) in [7, 11) is 0. The molecule has 0 unspecified atom stereocenters. The molecule has 1 aromatic heterocycles. The van der Waals surface area contributed by atoms with Crippen molar-refractivity contribution >= 4 is 39.9 Å². The van der Waals surface area contributed by atoms with Gasteiger partial charge in [-0.3, -0.25) is 0 Å². The first-order chi connectivity index (χ1) is 8.29. The molecular formula is C11H12ClN3S2. The highest BCUT2D eigenvalue weighted by Gasteiger charge is 2.07. The van der Waals surface area contributed by atoms with Crippen LogP contribution in [0, 0.1) is 0 Å². The van der Waals surface area contributed by atoms with Gasteiger partial charge in [-0.05, 0) is 25.1 Å². The van der Waals surface area contributed by atoms with Crippen LogP contribution < -0.4 is 5.32 Å². The van der Waals surface area contributed by atoms with Crippen molar-refractivity contribution in [3.63, 3.8) is 0 Å². The van der Waals surface area contributed by atoms with Gasteiger partial charge in [0.05, 0.1) is 0 Å². The van der Waals surface area contributed by atoms with E-state index in [0.29, 0.717) is 0 Å². The number of hydrogen-bond acceptors (Lipinski definition) is 5. The van der Waals surface area contributed by atoms with E-state index in [4.69, 9.17) is 11.6 Å². The summed E-state index contributed by atoms with van der Waals surface area (Å²) in [6.07, 6.45) is 0. The van der Waals surface area contributed by atoms with Crippen LogP contribution in [0.1, 0.15) is 12.6 Å². The van der Waals surface area contributed by atoms with E-state index in [2.05, 4.69) is 21.8 Å². The lowest BCUT2D eigenvalue weighted by atomic mass is 10.4. The maximum Gasteiger partial charge on any atom is 0.134 e. The molecular weight excluding hydrogens is 274 g/mol. The summed E-state index contributed by atoms with van der Waals surface area (Å²) in [6.45, 7) is 2.95. The van der Waals surface area contributed by atoms with Crippen LogP contribution in [0.4, 0.5) is 5.00 Å². The van der Waals surface area contributed by atoms with Gasteiger partial charge in [0.1, 0.15) is 10.7 Å². The van der Waals surface area contributed by atoms with Gasteiger partial charge in [-0.2, -0.15) is 0 Å². The third-order valence-electron chi connectivity index (χ3n) is 2.06. The summed E-state index contributed by atoms with van der Waals surface area (Å²) in [5.74, 6) is 0.805. The summed E-state index contributed by atoms with van der Waals surface area (Å²) < 4.78 is 3.96. The summed E-state index contributed by atoms with van der Waals surface area (Å²) in [4.78, 5) is 1.15. The molecule has 0 saturated heterocycles. The van der Waals surface area contributed by atoms with Crippen LogP contribution in [0.5, 0.6) is 0 Å². The predicted octanol–water partition coefficient (Wildman–Crippen LogP) is 3.92. The number of nitrogens with zero attached hydrogens (tertiary/aromatic N) is 2. The van der Waals surface area contributed by atoms with Gasteiger partial charge in [-0.15, -0.1) is 16.9 Å². The number of nitrogens with one attached hydrogen (secondary N) is 1. The van der Waals surface area contributed by atoms with Gasteiger partial charge < -0.3 is 5.32 Å². The van der Waals surface area contributed by atoms with E-state index in [1.165, 1.54) is 11.5 Å². The Morgan fingerprint density at radius 2 is 2.35 bits per heavy atom. The molecule has 3 nitrogen and oxygen atoms in total. The second-order valence-corrected chi connectivity index (χ2v) is 5.56. The van der Waals surface area contributed by atoms with E-state index in [-0.39, 0.29) is 0 Å². The van der Waals surface area contributed by atoms with Crippen LogP contribution in [0.3, 0.4) is 0 Å². The van der Waals surface area contributed by atoms with E-state index in [0.717, 1.165) is 32.9 Å². The van der Waals surface area contributed by atoms with Gasteiger partial charge in [0.2, 0.25) is 0 Å². The predicted molar refractivity (Wildman–Crippen MR) is 75.1 cm³/mol. The van der Waals surface area contributed by atoms with Crippen molar-refractivity contribution in [1.29, 1.82) is 0 Å². The fourth-order valence-electron chi connectivity index (χ4n) is 1.31. The molecule has 0 atom stereocenters. The normalized spacial score (nSPS) is 10.5. The molecule has 6 heteroatoms. The molecule has 0 aliphatic carbocycles. The maximum absolute atomic E-state index is 5.93. The summed E-state index contributed by atoms with van der Waals surface area (Å²) >= 11 is 9.05. The molecule has 0 aliphatic rings. The largest absolute Gasteiger partial charge is 0.374 e. The van der Waals surface area contributed by atoms with E-state index in [1.54, 1.807) is 11.8 Å². The number of rotatable bonds is 5. The minimum Gasteiger partial charge on any atom is -0.374 e. The zero-order valence-corrected chi connectivity index (χ0v) is 11.7. The fourth-order valence-corrected chi connectivity index (χ4v) is 3.19. The minimum absolute atomic E-state index is 0.762. The third kappa shape index (κ3) is 3.59. The SMILES string of the molecule is CCNc1snnc1CSc1cccc(Cl)c1. The van der Waals surface area contributed by atoms with Crippen molar-refractivity contribution < 1.29 is 0 Å². The van der Waals surface area contributed by atoms with Crippen molar-refractivity contribution in [1.82, 2.24) is 9.59 Å². The first kappa shape index (κ1) is 12.7. The first-order valence-corrected chi connectivity index (χ1v) is 7.36. The van der Waals surface area contributed by atoms with Gasteiger partial charge >= 0.3 is 0 Å². The summed E-state index contributed by atoms with van der Waals surface area (Å²) in [5, 5.41) is 9.20. The number of thioether (sulfide) groups is 1. The molecule has 1 N–H and O–H groups in total. The molecule has 17 heavy (non-hydrogen) atoms. The number of halogens is 1. The zero-order chi connectivity index (χ0) is 12.1. The van der Waals surface area contributed by atoms with Gasteiger partial charge in [0, 0.05) is 33.7 Å². The Kier molecular flexibility index (Phi) is 4.65. The monoisotopic (exact) mass is 285 g/mol. The Hall–Kier alpha value is -0.780. The molecule has 0 spiro atoms. The zero-order valence-electron chi connectivity index (χ0n) is 9.31. The Balaban J connectivity index is 1.99. The highest BCUT2D eigenvalue weighted by Crippen LogP contribution is 2.28. The average Bonchev–Trinajstić information content (AvgIpc) is 2.75. The van der Waals surface area contributed by atoms with Crippen molar-refractivity contribution in [2.24, 2.45) is 0 Å². The molecule has 1 aromatic carbocycles.